The van der Waals surface area contributed by atoms with Crippen molar-refractivity contribution in [2.75, 3.05) is 0 Å². The van der Waals surface area contributed by atoms with Crippen molar-refractivity contribution >= 4 is 16.5 Å². The SMILES string of the molecule is Cc1cc(=O)oc2c(-c3ccccc3O)cc(C3=CC=CC3)cc12. The van der Waals surface area contributed by atoms with E-state index in [4.69, 9.17) is 4.42 Å². The van der Waals surface area contributed by atoms with Gasteiger partial charge in [0.1, 0.15) is 11.3 Å². The fourth-order valence-corrected chi connectivity index (χ4v) is 3.16. The third-order valence-electron chi connectivity index (χ3n) is 4.39. The van der Waals surface area contributed by atoms with Gasteiger partial charge in [-0.2, -0.15) is 0 Å². The highest BCUT2D eigenvalue weighted by atomic mass is 16.4. The Morgan fingerprint density at radius 2 is 1.92 bits per heavy atom. The van der Waals surface area contributed by atoms with Gasteiger partial charge in [0.25, 0.3) is 0 Å². The normalized spacial score (nSPS) is 13.5. The zero-order valence-electron chi connectivity index (χ0n) is 13.2. The van der Waals surface area contributed by atoms with Crippen molar-refractivity contribution in [2.45, 2.75) is 13.3 Å². The van der Waals surface area contributed by atoms with E-state index >= 15 is 0 Å². The van der Waals surface area contributed by atoms with E-state index in [0.29, 0.717) is 11.1 Å². The van der Waals surface area contributed by atoms with Gasteiger partial charge in [0.2, 0.25) is 0 Å². The highest BCUT2D eigenvalue weighted by Gasteiger charge is 2.16. The zero-order chi connectivity index (χ0) is 16.7. The largest absolute Gasteiger partial charge is 0.507 e. The number of para-hydroxylation sites is 1. The highest BCUT2D eigenvalue weighted by molar-refractivity contribution is 5.98. The fraction of sp³-hybridized carbons (Fsp3) is 0.0952. The van der Waals surface area contributed by atoms with E-state index in [2.05, 4.69) is 18.2 Å². The third kappa shape index (κ3) is 2.35. The van der Waals surface area contributed by atoms with E-state index in [1.165, 1.54) is 11.6 Å². The van der Waals surface area contributed by atoms with Gasteiger partial charge in [0.05, 0.1) is 0 Å². The molecular formula is C21H16O3. The minimum atomic E-state index is -0.383. The van der Waals surface area contributed by atoms with Gasteiger partial charge >= 0.3 is 5.63 Å². The second kappa shape index (κ2) is 5.53. The summed E-state index contributed by atoms with van der Waals surface area (Å²) in [6, 6.07) is 12.6. The molecule has 0 aliphatic heterocycles. The van der Waals surface area contributed by atoms with Gasteiger partial charge in [-0.25, -0.2) is 4.79 Å². The fourth-order valence-electron chi connectivity index (χ4n) is 3.16. The van der Waals surface area contributed by atoms with E-state index in [0.717, 1.165) is 28.5 Å². The first-order valence-electron chi connectivity index (χ1n) is 7.86. The molecule has 4 rings (SSSR count). The average Bonchev–Trinajstić information content (AvgIpc) is 3.09. The van der Waals surface area contributed by atoms with Crippen LogP contribution in [0.4, 0.5) is 0 Å². The number of fused-ring (bicyclic) bond motifs is 1. The van der Waals surface area contributed by atoms with Crippen LogP contribution in [0.1, 0.15) is 17.5 Å². The van der Waals surface area contributed by atoms with Gasteiger partial charge in [0.15, 0.2) is 0 Å². The number of benzene rings is 2. The van der Waals surface area contributed by atoms with Crippen LogP contribution in [0.5, 0.6) is 5.75 Å². The minimum absolute atomic E-state index is 0.165. The summed E-state index contributed by atoms with van der Waals surface area (Å²) in [6.45, 7) is 1.90. The summed E-state index contributed by atoms with van der Waals surface area (Å²) in [5.41, 5.74) is 4.66. The number of hydrogen-bond donors (Lipinski definition) is 1. The van der Waals surface area contributed by atoms with Crippen LogP contribution in [0.15, 0.2) is 69.9 Å². The summed E-state index contributed by atoms with van der Waals surface area (Å²) < 4.78 is 5.50. The van der Waals surface area contributed by atoms with Crippen molar-refractivity contribution in [1.82, 2.24) is 0 Å². The molecule has 0 saturated heterocycles. The van der Waals surface area contributed by atoms with Gasteiger partial charge in [0, 0.05) is 22.6 Å². The van der Waals surface area contributed by atoms with Gasteiger partial charge in [-0.15, -0.1) is 0 Å². The van der Waals surface area contributed by atoms with Crippen molar-refractivity contribution in [1.29, 1.82) is 0 Å². The lowest BCUT2D eigenvalue weighted by atomic mass is 9.94. The van der Waals surface area contributed by atoms with Crippen molar-refractivity contribution in [3.05, 3.63) is 82.2 Å². The number of rotatable bonds is 2. The van der Waals surface area contributed by atoms with Crippen LogP contribution in [0, 0.1) is 6.92 Å². The average molecular weight is 316 g/mol. The monoisotopic (exact) mass is 316 g/mol. The van der Waals surface area contributed by atoms with Crippen LogP contribution in [-0.4, -0.2) is 5.11 Å². The molecule has 0 spiro atoms. The summed E-state index contributed by atoms with van der Waals surface area (Å²) in [6.07, 6.45) is 7.11. The number of aryl methyl sites for hydroxylation is 1. The zero-order valence-corrected chi connectivity index (χ0v) is 13.2. The molecule has 118 valence electrons. The predicted molar refractivity (Wildman–Crippen MR) is 96.1 cm³/mol. The number of hydrogen-bond acceptors (Lipinski definition) is 3. The van der Waals surface area contributed by atoms with Gasteiger partial charge in [-0.1, -0.05) is 36.4 Å². The standard InChI is InChI=1S/C21H16O3/c1-13-10-20(23)24-21-17(13)11-15(14-6-2-3-7-14)12-18(21)16-8-4-5-9-19(16)22/h2-6,8-12,22H,7H2,1H3. The molecule has 3 aromatic rings. The molecule has 0 radical (unpaired) electrons. The topological polar surface area (TPSA) is 50.4 Å². The van der Waals surface area contributed by atoms with E-state index in [-0.39, 0.29) is 11.4 Å². The maximum atomic E-state index is 11.9. The molecule has 1 aliphatic rings. The molecular weight excluding hydrogens is 300 g/mol. The van der Waals surface area contributed by atoms with Crippen molar-refractivity contribution < 1.29 is 9.52 Å². The molecule has 1 aliphatic carbocycles. The molecule has 2 aromatic carbocycles. The highest BCUT2D eigenvalue weighted by Crippen LogP contribution is 2.38. The Kier molecular flexibility index (Phi) is 3.35. The van der Waals surface area contributed by atoms with Crippen LogP contribution in [0.2, 0.25) is 0 Å². The van der Waals surface area contributed by atoms with Crippen molar-refractivity contribution in [2.24, 2.45) is 0 Å². The Morgan fingerprint density at radius 3 is 2.67 bits per heavy atom. The predicted octanol–water partition coefficient (Wildman–Crippen LogP) is 4.82. The van der Waals surface area contributed by atoms with Crippen LogP contribution < -0.4 is 5.63 Å². The molecule has 0 bridgehead atoms. The second-order valence-electron chi connectivity index (χ2n) is 5.99. The molecule has 24 heavy (non-hydrogen) atoms. The summed E-state index contributed by atoms with van der Waals surface area (Å²) >= 11 is 0. The molecule has 3 nitrogen and oxygen atoms in total. The molecule has 3 heteroatoms. The Hall–Kier alpha value is -3.07. The van der Waals surface area contributed by atoms with Crippen LogP contribution in [0.3, 0.4) is 0 Å². The van der Waals surface area contributed by atoms with Gasteiger partial charge in [-0.05, 0) is 48.2 Å². The summed E-state index contributed by atoms with van der Waals surface area (Å²) in [7, 11) is 0. The lowest BCUT2D eigenvalue weighted by Crippen LogP contribution is -2.00. The lowest BCUT2D eigenvalue weighted by molar-refractivity contribution is 0.477. The molecule has 1 aromatic heterocycles. The smallest absolute Gasteiger partial charge is 0.336 e. The van der Waals surface area contributed by atoms with Gasteiger partial charge in [-0.3, -0.25) is 0 Å². The Morgan fingerprint density at radius 1 is 1.08 bits per heavy atom. The maximum Gasteiger partial charge on any atom is 0.336 e. The quantitative estimate of drug-likeness (QED) is 0.690. The number of phenolic OH excluding ortho intramolecular Hbond substituents is 1. The number of aromatic hydroxyl groups is 1. The van der Waals surface area contributed by atoms with Crippen molar-refractivity contribution in [3.8, 4) is 16.9 Å². The molecule has 0 fully saturated rings. The minimum Gasteiger partial charge on any atom is -0.507 e. The molecule has 0 saturated carbocycles. The Balaban J connectivity index is 2.10. The van der Waals surface area contributed by atoms with Crippen LogP contribution >= 0.6 is 0 Å². The Bertz CT molecular complexity index is 1070. The molecule has 1 N–H and O–H groups in total. The molecule has 1 heterocycles. The van der Waals surface area contributed by atoms with Gasteiger partial charge < -0.3 is 9.52 Å². The lowest BCUT2D eigenvalue weighted by Gasteiger charge is -2.12. The number of phenols is 1. The first-order chi connectivity index (χ1) is 11.6. The molecule has 0 atom stereocenters. The summed E-state index contributed by atoms with van der Waals surface area (Å²) in [5, 5.41) is 11.2. The summed E-state index contributed by atoms with van der Waals surface area (Å²) in [5.74, 6) is 0.165. The number of allylic oxidation sites excluding steroid dienone is 4. The van der Waals surface area contributed by atoms with Crippen LogP contribution in [-0.2, 0) is 0 Å². The Labute approximate surface area is 139 Å². The maximum absolute atomic E-state index is 11.9. The molecule has 0 unspecified atom stereocenters. The first-order valence-corrected chi connectivity index (χ1v) is 7.86. The van der Waals surface area contributed by atoms with Crippen LogP contribution in [0.25, 0.3) is 27.7 Å². The third-order valence-corrected chi connectivity index (χ3v) is 4.39. The van der Waals surface area contributed by atoms with E-state index in [1.54, 1.807) is 12.1 Å². The first kappa shape index (κ1) is 14.5. The summed E-state index contributed by atoms with van der Waals surface area (Å²) in [4.78, 5) is 11.9. The van der Waals surface area contributed by atoms with E-state index in [9.17, 15) is 9.90 Å². The molecule has 0 amide bonds. The second-order valence-corrected chi connectivity index (χ2v) is 5.99. The van der Waals surface area contributed by atoms with E-state index in [1.807, 2.05) is 31.2 Å². The van der Waals surface area contributed by atoms with Crippen molar-refractivity contribution in [3.63, 3.8) is 0 Å². The van der Waals surface area contributed by atoms with E-state index < -0.39 is 0 Å².